The van der Waals surface area contributed by atoms with Crippen LogP contribution in [-0.2, 0) is 16.0 Å². The molecule has 1 amide bonds. The van der Waals surface area contributed by atoms with Gasteiger partial charge in [0.05, 0.1) is 0 Å². The smallest absolute Gasteiger partial charge is 0.243 e. The van der Waals surface area contributed by atoms with Crippen LogP contribution in [0.15, 0.2) is 35.3 Å². The van der Waals surface area contributed by atoms with Gasteiger partial charge in [0.15, 0.2) is 5.96 Å². The van der Waals surface area contributed by atoms with E-state index < -0.39 is 0 Å². The Balaban J connectivity index is 0.00000625. The average molecular weight is 476 g/mol. The molecule has 7 heteroatoms. The summed E-state index contributed by atoms with van der Waals surface area (Å²) in [4.78, 5) is 17.7. The van der Waals surface area contributed by atoms with Crippen molar-refractivity contribution >= 4 is 35.8 Å². The molecule has 26 heavy (non-hydrogen) atoms. The van der Waals surface area contributed by atoms with Crippen molar-refractivity contribution in [2.24, 2.45) is 4.99 Å². The van der Waals surface area contributed by atoms with Crippen molar-refractivity contribution in [1.82, 2.24) is 15.5 Å². The summed E-state index contributed by atoms with van der Waals surface area (Å²) in [5.74, 6) is 0.669. The highest BCUT2D eigenvalue weighted by molar-refractivity contribution is 14.0. The van der Waals surface area contributed by atoms with E-state index in [4.69, 9.17) is 4.74 Å². The lowest BCUT2D eigenvalue weighted by atomic mass is 10.1. The Hall–Kier alpha value is -1.35. The van der Waals surface area contributed by atoms with Crippen LogP contribution in [0.2, 0.25) is 0 Å². The molecule has 6 nitrogen and oxygen atoms in total. The summed E-state index contributed by atoms with van der Waals surface area (Å²) in [7, 11) is 3.48. The fraction of sp³-hybridized carbons (Fsp3) is 0.579. The highest BCUT2D eigenvalue weighted by Gasteiger charge is 2.04. The summed E-state index contributed by atoms with van der Waals surface area (Å²) in [6.45, 7) is 5.26. The number of ether oxygens (including phenoxy) is 1. The van der Waals surface area contributed by atoms with Crippen LogP contribution >= 0.6 is 24.0 Å². The van der Waals surface area contributed by atoms with E-state index in [2.05, 4.69) is 27.8 Å². The summed E-state index contributed by atoms with van der Waals surface area (Å²) in [6.07, 6.45) is 2.92. The molecule has 0 saturated heterocycles. The number of carbonyl (C=O) groups is 1. The van der Waals surface area contributed by atoms with Crippen molar-refractivity contribution in [3.05, 3.63) is 35.9 Å². The summed E-state index contributed by atoms with van der Waals surface area (Å²) in [5, 5.41) is 6.59. The molecule has 0 aromatic heterocycles. The number of amides is 1. The van der Waals surface area contributed by atoms with Gasteiger partial charge in [-0.25, -0.2) is 4.99 Å². The number of guanidine groups is 1. The molecule has 0 bridgehead atoms. The van der Waals surface area contributed by atoms with Gasteiger partial charge in [-0.1, -0.05) is 30.3 Å². The average Bonchev–Trinajstić information content (AvgIpc) is 2.62. The van der Waals surface area contributed by atoms with Gasteiger partial charge in [-0.3, -0.25) is 4.79 Å². The van der Waals surface area contributed by atoms with Gasteiger partial charge in [-0.15, -0.1) is 24.0 Å². The predicted octanol–water partition coefficient (Wildman–Crippen LogP) is 2.29. The Bertz CT molecular complexity index is 510. The first kappa shape index (κ1) is 24.7. The molecule has 0 spiro atoms. The van der Waals surface area contributed by atoms with Crippen LogP contribution in [0.3, 0.4) is 0 Å². The quantitative estimate of drug-likeness (QED) is 0.223. The fourth-order valence-electron chi connectivity index (χ4n) is 2.11. The van der Waals surface area contributed by atoms with Gasteiger partial charge < -0.3 is 20.3 Å². The van der Waals surface area contributed by atoms with Crippen molar-refractivity contribution < 1.29 is 9.53 Å². The van der Waals surface area contributed by atoms with Crippen LogP contribution in [0.1, 0.15) is 25.3 Å². The third-order valence-electron chi connectivity index (χ3n) is 3.63. The first-order chi connectivity index (χ1) is 12.1. The number of halogens is 1. The van der Waals surface area contributed by atoms with Gasteiger partial charge >= 0.3 is 0 Å². The van der Waals surface area contributed by atoms with E-state index in [0.29, 0.717) is 5.96 Å². The molecule has 0 aliphatic heterocycles. The lowest BCUT2D eigenvalue weighted by Gasteiger charge is -2.14. The van der Waals surface area contributed by atoms with Crippen molar-refractivity contribution in [3.63, 3.8) is 0 Å². The number of hydrogen-bond acceptors (Lipinski definition) is 3. The molecule has 0 aliphatic carbocycles. The number of benzene rings is 1. The Labute approximate surface area is 174 Å². The second-order valence-electron chi connectivity index (χ2n) is 5.95. The van der Waals surface area contributed by atoms with E-state index in [-0.39, 0.29) is 36.4 Å². The minimum absolute atomic E-state index is 0. The van der Waals surface area contributed by atoms with Gasteiger partial charge in [0.25, 0.3) is 0 Å². The molecule has 1 aromatic rings. The van der Waals surface area contributed by atoms with Gasteiger partial charge in [0, 0.05) is 40.4 Å². The normalized spacial score (nSPS) is 10.8. The van der Waals surface area contributed by atoms with Crippen LogP contribution in [0, 0.1) is 0 Å². The summed E-state index contributed by atoms with van der Waals surface area (Å²) < 4.78 is 5.34. The molecule has 0 saturated carbocycles. The molecule has 1 rings (SSSR count). The monoisotopic (exact) mass is 476 g/mol. The molecular weight excluding hydrogens is 443 g/mol. The van der Waals surface area contributed by atoms with Gasteiger partial charge in [-0.05, 0) is 31.7 Å². The molecule has 0 unspecified atom stereocenters. The minimum atomic E-state index is -0.0134. The van der Waals surface area contributed by atoms with Gasteiger partial charge in [-0.2, -0.15) is 0 Å². The summed E-state index contributed by atoms with van der Waals surface area (Å²) >= 11 is 0. The maximum atomic E-state index is 11.7. The van der Waals surface area contributed by atoms with Crippen molar-refractivity contribution in [1.29, 1.82) is 0 Å². The zero-order valence-corrected chi connectivity index (χ0v) is 18.5. The predicted molar refractivity (Wildman–Crippen MR) is 118 cm³/mol. The largest absolute Gasteiger partial charge is 0.382 e. The molecule has 0 heterocycles. The van der Waals surface area contributed by atoms with E-state index in [9.17, 15) is 4.79 Å². The van der Waals surface area contributed by atoms with Crippen LogP contribution < -0.4 is 10.6 Å². The maximum Gasteiger partial charge on any atom is 0.243 e. The number of unbranched alkanes of at least 4 members (excludes halogenated alkanes) is 1. The number of hydrogen-bond donors (Lipinski definition) is 2. The second kappa shape index (κ2) is 15.9. The van der Waals surface area contributed by atoms with Crippen molar-refractivity contribution in [3.8, 4) is 0 Å². The van der Waals surface area contributed by atoms with Crippen molar-refractivity contribution in [2.75, 3.05) is 46.9 Å². The van der Waals surface area contributed by atoms with E-state index in [0.717, 1.165) is 45.6 Å². The lowest BCUT2D eigenvalue weighted by Crippen LogP contribution is -2.40. The molecule has 0 aliphatic rings. The first-order valence-electron chi connectivity index (χ1n) is 8.97. The Kier molecular flexibility index (Phi) is 15.0. The Morgan fingerprint density at radius 3 is 2.46 bits per heavy atom. The fourth-order valence-corrected chi connectivity index (χ4v) is 2.11. The number of likely N-dealkylation sites (N-methyl/N-ethyl adjacent to an activating group) is 1. The lowest BCUT2D eigenvalue weighted by molar-refractivity contribution is -0.127. The minimum Gasteiger partial charge on any atom is -0.382 e. The number of nitrogens with one attached hydrogen (secondary N) is 2. The van der Waals surface area contributed by atoms with E-state index >= 15 is 0 Å². The van der Waals surface area contributed by atoms with Crippen molar-refractivity contribution in [2.45, 2.75) is 26.2 Å². The first-order valence-corrected chi connectivity index (χ1v) is 8.97. The van der Waals surface area contributed by atoms with Crippen LogP contribution in [0.25, 0.3) is 0 Å². The SMILES string of the molecule is CCOCCCCNC(=NCC(=O)N(C)C)NCCc1ccccc1.I. The zero-order valence-electron chi connectivity index (χ0n) is 16.2. The molecule has 0 fully saturated rings. The topological polar surface area (TPSA) is 66.0 Å². The second-order valence-corrected chi connectivity index (χ2v) is 5.95. The number of carbonyl (C=O) groups excluding carboxylic acids is 1. The number of rotatable bonds is 11. The number of aliphatic imine (C=N–C) groups is 1. The van der Waals surface area contributed by atoms with Crippen LogP contribution in [0.5, 0.6) is 0 Å². The molecule has 0 atom stereocenters. The van der Waals surface area contributed by atoms with E-state index in [1.807, 2.05) is 25.1 Å². The number of nitrogens with zero attached hydrogens (tertiary/aromatic N) is 2. The molecule has 0 radical (unpaired) electrons. The third-order valence-corrected chi connectivity index (χ3v) is 3.63. The summed E-state index contributed by atoms with van der Waals surface area (Å²) in [5.41, 5.74) is 1.27. The van der Waals surface area contributed by atoms with E-state index in [1.165, 1.54) is 5.56 Å². The maximum absolute atomic E-state index is 11.7. The van der Waals surface area contributed by atoms with Crippen LogP contribution in [0.4, 0.5) is 0 Å². The molecule has 2 N–H and O–H groups in total. The molecule has 1 aromatic carbocycles. The molecule has 148 valence electrons. The zero-order chi connectivity index (χ0) is 18.3. The Morgan fingerprint density at radius 1 is 1.12 bits per heavy atom. The standard InChI is InChI=1S/C19H32N4O2.HI/c1-4-25-15-9-8-13-20-19(22-16-18(24)23(2)3)21-14-12-17-10-6-5-7-11-17;/h5-7,10-11H,4,8-9,12-16H2,1-3H3,(H2,20,21,22);1H. The van der Waals surface area contributed by atoms with E-state index in [1.54, 1.807) is 19.0 Å². The Morgan fingerprint density at radius 2 is 1.81 bits per heavy atom. The highest BCUT2D eigenvalue weighted by Crippen LogP contribution is 1.98. The molecular formula is C19H33IN4O2. The highest BCUT2D eigenvalue weighted by atomic mass is 127. The van der Waals surface area contributed by atoms with Crippen LogP contribution in [-0.4, -0.2) is 63.7 Å². The third kappa shape index (κ3) is 12.1. The van der Waals surface area contributed by atoms with Gasteiger partial charge in [0.2, 0.25) is 5.91 Å². The summed E-state index contributed by atoms with van der Waals surface area (Å²) in [6, 6.07) is 10.3. The van der Waals surface area contributed by atoms with Gasteiger partial charge in [0.1, 0.15) is 6.54 Å².